The normalized spacial score (nSPS) is 29.2. The van der Waals surface area contributed by atoms with E-state index in [-0.39, 0.29) is 35.5 Å². The summed E-state index contributed by atoms with van der Waals surface area (Å²) in [6.45, 7) is 15.1. The van der Waals surface area contributed by atoms with E-state index in [1.54, 1.807) is 33.7 Å². The first-order valence-electron chi connectivity index (χ1n) is 14.8. The number of aliphatic hydroxyl groups excluding tert-OH is 1. The summed E-state index contributed by atoms with van der Waals surface area (Å²) >= 11 is 1.68. The van der Waals surface area contributed by atoms with Crippen LogP contribution in [0.15, 0.2) is 55.6 Å². The topological polar surface area (TPSA) is 81.2 Å². The third-order valence-corrected chi connectivity index (χ3v) is 11.2. The van der Waals surface area contributed by atoms with Gasteiger partial charge >= 0.3 is 0 Å². The number of carbonyl (C=O) groups excluding carboxylic acids is 3. The van der Waals surface area contributed by atoms with Gasteiger partial charge in [-0.25, -0.2) is 0 Å². The molecule has 1 spiro atoms. The van der Waals surface area contributed by atoms with Crippen molar-refractivity contribution in [2.75, 3.05) is 31.1 Å². The van der Waals surface area contributed by atoms with Crippen LogP contribution in [0.2, 0.25) is 0 Å². The maximum Gasteiger partial charge on any atom is 0.247 e. The molecule has 3 saturated heterocycles. The zero-order chi connectivity index (χ0) is 29.0. The molecule has 2 bridgehead atoms. The zero-order valence-electron chi connectivity index (χ0n) is 24.2. The summed E-state index contributed by atoms with van der Waals surface area (Å²) < 4.78 is -0.720. The molecule has 40 heavy (non-hydrogen) atoms. The minimum absolute atomic E-state index is 0.0490. The van der Waals surface area contributed by atoms with Crippen LogP contribution in [-0.2, 0) is 14.4 Å². The Morgan fingerprint density at radius 1 is 1.15 bits per heavy atom. The Morgan fingerprint density at radius 3 is 2.45 bits per heavy atom. The van der Waals surface area contributed by atoms with Crippen LogP contribution in [0.25, 0.3) is 0 Å². The van der Waals surface area contributed by atoms with Gasteiger partial charge in [-0.2, -0.15) is 0 Å². The van der Waals surface area contributed by atoms with Crippen LogP contribution in [0.3, 0.4) is 0 Å². The summed E-state index contributed by atoms with van der Waals surface area (Å²) in [5, 5.41) is 10.3. The summed E-state index contributed by atoms with van der Waals surface area (Å²) in [7, 11) is 0. The summed E-state index contributed by atoms with van der Waals surface area (Å²) in [6.07, 6.45) is 7.68. The number of amides is 3. The van der Waals surface area contributed by atoms with Gasteiger partial charge in [0.1, 0.15) is 6.04 Å². The van der Waals surface area contributed by atoms with Crippen molar-refractivity contribution in [3.63, 3.8) is 0 Å². The molecule has 0 radical (unpaired) electrons. The van der Waals surface area contributed by atoms with Crippen LogP contribution >= 0.6 is 11.8 Å². The molecule has 3 aliphatic rings. The van der Waals surface area contributed by atoms with Crippen molar-refractivity contribution in [1.82, 2.24) is 9.80 Å². The largest absolute Gasteiger partial charge is 0.394 e. The first kappa shape index (κ1) is 30.4. The number of para-hydroxylation sites is 1. The highest BCUT2D eigenvalue weighted by Crippen LogP contribution is 2.69. The van der Waals surface area contributed by atoms with E-state index in [1.807, 2.05) is 42.2 Å². The van der Waals surface area contributed by atoms with E-state index in [9.17, 15) is 19.5 Å². The van der Waals surface area contributed by atoms with Crippen LogP contribution in [-0.4, -0.2) is 80.9 Å². The van der Waals surface area contributed by atoms with Gasteiger partial charge in [0, 0.05) is 30.6 Å². The number of fused-ring (bicyclic) bond motifs is 1. The van der Waals surface area contributed by atoms with Gasteiger partial charge < -0.3 is 19.8 Å². The fourth-order valence-corrected chi connectivity index (χ4v) is 9.64. The van der Waals surface area contributed by atoms with E-state index in [2.05, 4.69) is 27.0 Å². The Kier molecular flexibility index (Phi) is 9.83. The van der Waals surface area contributed by atoms with Crippen molar-refractivity contribution in [3.8, 4) is 0 Å². The zero-order valence-corrected chi connectivity index (χ0v) is 25.0. The van der Waals surface area contributed by atoms with Gasteiger partial charge in [0.15, 0.2) is 0 Å². The molecule has 3 aliphatic heterocycles. The minimum atomic E-state index is -0.726. The fourth-order valence-electron chi connectivity index (χ4n) is 7.24. The average molecular weight is 568 g/mol. The number of rotatable bonds is 14. The number of unbranched alkanes of at least 4 members (excludes halogenated alkanes) is 2. The Hall–Kier alpha value is -2.58. The Morgan fingerprint density at radius 2 is 1.85 bits per heavy atom. The molecule has 4 rings (SSSR count). The lowest BCUT2D eigenvalue weighted by Crippen LogP contribution is -2.59. The predicted octanol–water partition coefficient (Wildman–Crippen LogP) is 4.52. The maximum absolute atomic E-state index is 14.5. The van der Waals surface area contributed by atoms with Crippen LogP contribution in [0, 0.1) is 17.8 Å². The molecule has 1 aromatic carbocycles. The molecule has 0 aromatic heterocycles. The number of likely N-dealkylation sites (tertiary alicyclic amines) is 1. The molecule has 3 unspecified atom stereocenters. The maximum atomic E-state index is 14.5. The number of hydrogen-bond acceptors (Lipinski definition) is 5. The Bertz CT molecular complexity index is 1090. The second-order valence-corrected chi connectivity index (χ2v) is 12.9. The summed E-state index contributed by atoms with van der Waals surface area (Å²) in [4.78, 5) is 48.6. The second kappa shape index (κ2) is 12.9. The standard InChI is InChI=1S/C32H45N3O4S/c1-6-10-14-19-33(17-7-2)31(39)28-32-22(5)20-25(40-32)26(27(32)30(38)35(28)23(9-4)21-36)29(37)34(18-8-3)24-15-12-11-13-16-24/h7-8,11-13,15-16,22-23,25-28,36H,2-3,6,9-10,14,17-21H2,1,4-5H3/t22?,23-,25+,26-,27-,28?,32?/m0/s1. The van der Waals surface area contributed by atoms with E-state index >= 15 is 0 Å². The van der Waals surface area contributed by atoms with E-state index in [0.717, 1.165) is 31.4 Å². The predicted molar refractivity (Wildman–Crippen MR) is 162 cm³/mol. The minimum Gasteiger partial charge on any atom is -0.394 e. The van der Waals surface area contributed by atoms with Crippen LogP contribution in [0.1, 0.15) is 52.9 Å². The molecule has 3 fully saturated rings. The van der Waals surface area contributed by atoms with Crippen molar-refractivity contribution < 1.29 is 19.5 Å². The molecule has 1 N–H and O–H groups in total. The van der Waals surface area contributed by atoms with Crippen molar-refractivity contribution in [3.05, 3.63) is 55.6 Å². The Labute approximate surface area is 243 Å². The molecule has 0 saturated carbocycles. The molecule has 7 atom stereocenters. The molecule has 218 valence electrons. The second-order valence-electron chi connectivity index (χ2n) is 11.4. The molecular weight excluding hydrogens is 522 g/mol. The smallest absolute Gasteiger partial charge is 0.247 e. The molecular formula is C32H45N3O4S. The molecule has 3 amide bonds. The number of aliphatic hydroxyl groups is 1. The van der Waals surface area contributed by atoms with Gasteiger partial charge in [-0.05, 0) is 37.3 Å². The molecule has 1 aromatic rings. The third kappa shape index (κ3) is 5.02. The Balaban J connectivity index is 1.79. The number of hydrogen-bond donors (Lipinski definition) is 1. The number of carbonyl (C=O) groups is 3. The highest BCUT2D eigenvalue weighted by molar-refractivity contribution is 8.02. The van der Waals surface area contributed by atoms with Gasteiger partial charge in [-0.3, -0.25) is 14.4 Å². The van der Waals surface area contributed by atoms with E-state index in [4.69, 9.17) is 0 Å². The van der Waals surface area contributed by atoms with Crippen molar-refractivity contribution in [1.29, 1.82) is 0 Å². The summed E-state index contributed by atoms with van der Waals surface area (Å²) in [5.74, 6) is -1.44. The first-order chi connectivity index (χ1) is 19.3. The van der Waals surface area contributed by atoms with Gasteiger partial charge in [0.2, 0.25) is 17.7 Å². The first-order valence-corrected chi connectivity index (χ1v) is 15.7. The summed E-state index contributed by atoms with van der Waals surface area (Å²) in [5.41, 5.74) is 0.770. The number of thioether (sulfide) groups is 1. The van der Waals surface area contributed by atoms with Crippen molar-refractivity contribution in [2.24, 2.45) is 17.8 Å². The van der Waals surface area contributed by atoms with Crippen molar-refractivity contribution in [2.45, 2.75) is 75.0 Å². The van der Waals surface area contributed by atoms with Gasteiger partial charge in [-0.1, -0.05) is 64.0 Å². The fraction of sp³-hybridized carbons (Fsp3) is 0.594. The lowest BCUT2D eigenvalue weighted by atomic mass is 9.65. The van der Waals surface area contributed by atoms with E-state index in [1.165, 1.54) is 0 Å². The van der Waals surface area contributed by atoms with Crippen LogP contribution < -0.4 is 4.90 Å². The third-order valence-electron chi connectivity index (χ3n) is 9.12. The van der Waals surface area contributed by atoms with Crippen LogP contribution in [0.4, 0.5) is 5.69 Å². The van der Waals surface area contributed by atoms with E-state index < -0.39 is 28.7 Å². The van der Waals surface area contributed by atoms with Crippen molar-refractivity contribution >= 4 is 35.2 Å². The number of nitrogens with zero attached hydrogens (tertiary/aromatic N) is 3. The molecule has 8 heteroatoms. The lowest BCUT2D eigenvalue weighted by Gasteiger charge is -2.42. The quantitative estimate of drug-likeness (QED) is 0.264. The molecule has 7 nitrogen and oxygen atoms in total. The number of anilines is 1. The summed E-state index contributed by atoms with van der Waals surface area (Å²) in [6, 6.07) is 8.30. The molecule has 0 aliphatic carbocycles. The highest BCUT2D eigenvalue weighted by Gasteiger charge is 2.77. The average Bonchev–Trinajstić information content (AvgIpc) is 3.56. The van der Waals surface area contributed by atoms with Gasteiger partial charge in [0.25, 0.3) is 0 Å². The van der Waals surface area contributed by atoms with Gasteiger partial charge in [-0.15, -0.1) is 24.9 Å². The van der Waals surface area contributed by atoms with E-state index in [0.29, 0.717) is 26.1 Å². The molecule has 3 heterocycles. The SMILES string of the molecule is C=CCN(CCCCC)C(=O)C1N([C@@H](CC)CO)C(=O)[C@@H]2[C@@H](C(=O)N(CC=C)c3ccccc3)[C@H]3CC(C)C12S3. The van der Waals surface area contributed by atoms with Crippen LogP contribution in [0.5, 0.6) is 0 Å². The number of benzene rings is 1. The van der Waals surface area contributed by atoms with Gasteiger partial charge in [0.05, 0.1) is 29.2 Å². The monoisotopic (exact) mass is 567 g/mol. The lowest BCUT2D eigenvalue weighted by molar-refractivity contribution is -0.145. The highest BCUT2D eigenvalue weighted by atomic mass is 32.2.